The van der Waals surface area contributed by atoms with Crippen molar-refractivity contribution < 1.29 is 59.5 Å². The van der Waals surface area contributed by atoms with Gasteiger partial charge in [-0.2, -0.15) is 26.3 Å². The number of fused-ring (bicyclic) bond motifs is 2. The number of likely N-dealkylation sites (tertiary alicyclic amines) is 1. The quantitative estimate of drug-likeness (QED) is 0.0495. The summed E-state index contributed by atoms with van der Waals surface area (Å²) in [5.41, 5.74) is 12.6. The third-order valence-corrected chi connectivity index (χ3v) is 13.0. The number of carbonyl (C=O) groups excluding carboxylic acids is 3. The second-order valence-electron chi connectivity index (χ2n) is 21.0. The summed E-state index contributed by atoms with van der Waals surface area (Å²) in [4.78, 5) is 57.6. The fourth-order valence-electron chi connectivity index (χ4n) is 8.73. The molecule has 0 bridgehead atoms. The zero-order valence-corrected chi connectivity index (χ0v) is 45.5. The number of nitrogens with two attached hydrogens (primary N) is 2. The Kier molecular flexibility index (Phi) is 18.4. The summed E-state index contributed by atoms with van der Waals surface area (Å²) in [6, 6.07) is 26.6. The normalized spacial score (nSPS) is 14.4. The molecule has 2 saturated heterocycles. The van der Waals surface area contributed by atoms with Gasteiger partial charge in [0.1, 0.15) is 34.3 Å². The fourth-order valence-corrected chi connectivity index (χ4v) is 8.73. The highest BCUT2D eigenvalue weighted by Gasteiger charge is 2.38. The van der Waals surface area contributed by atoms with Crippen LogP contribution < -0.4 is 27.4 Å². The van der Waals surface area contributed by atoms with Gasteiger partial charge in [0.05, 0.1) is 29.8 Å². The SMILES string of the molecule is CC1(C)CN(C(=O)c2ccc(-c3cc(C(F)(F)F)c4oc(CNC(=O)/C=C/c5ccc(N)nc5)cc4c3)cc2)C1.CC1(C)CNC1.Cl.Nc1ccc(/C=C/C(=O)NCc2cc3cc(-c4ccc(C(=O)O)cc4)cc(C(F)(F)F)c3o2)cn1. The molecule has 2 aliphatic rings. The summed E-state index contributed by atoms with van der Waals surface area (Å²) in [6.07, 6.45) is -0.757. The molecule has 0 saturated carbocycles. The fraction of sp³-hybridized carbons (Fsp3) is 0.233. The number of carboxylic acids is 1. The van der Waals surface area contributed by atoms with Crippen LogP contribution >= 0.6 is 12.4 Å². The van der Waals surface area contributed by atoms with Crippen LogP contribution in [0, 0.1) is 10.8 Å². The Morgan fingerprint density at radius 1 is 0.610 bits per heavy atom. The summed E-state index contributed by atoms with van der Waals surface area (Å²) < 4.78 is 94.2. The van der Waals surface area contributed by atoms with Crippen molar-refractivity contribution in [2.75, 3.05) is 37.6 Å². The Morgan fingerprint density at radius 3 is 1.34 bits per heavy atom. The second-order valence-corrected chi connectivity index (χ2v) is 21.0. The topological polar surface area (TPSA) is 232 Å². The number of nitrogen functional groups attached to an aromatic ring is 2. The Hall–Kier alpha value is -8.95. The minimum atomic E-state index is -4.69. The number of carbonyl (C=O) groups is 4. The van der Waals surface area contributed by atoms with Crippen LogP contribution in [-0.2, 0) is 35.0 Å². The average molecular weight is 1150 g/mol. The van der Waals surface area contributed by atoms with E-state index in [4.69, 9.17) is 25.4 Å². The van der Waals surface area contributed by atoms with E-state index in [1.165, 1.54) is 92.3 Å². The van der Waals surface area contributed by atoms with Crippen LogP contribution in [0.25, 0.3) is 56.3 Å². The number of rotatable bonds is 12. The summed E-state index contributed by atoms with van der Waals surface area (Å²) in [7, 11) is 0. The molecule has 10 rings (SSSR count). The lowest BCUT2D eigenvalue weighted by Crippen LogP contribution is -2.55. The maximum Gasteiger partial charge on any atom is 0.420 e. The van der Waals surface area contributed by atoms with Gasteiger partial charge in [-0.25, -0.2) is 14.8 Å². The lowest BCUT2D eigenvalue weighted by Gasteiger charge is -2.45. The number of carboxylic acid groups (broad SMARTS) is 1. The molecule has 3 amide bonds. The van der Waals surface area contributed by atoms with E-state index in [9.17, 15) is 45.5 Å². The Morgan fingerprint density at radius 2 is 1.01 bits per heavy atom. The predicted octanol–water partition coefficient (Wildman–Crippen LogP) is 12.1. The smallest absolute Gasteiger partial charge is 0.420 e. The Bertz CT molecular complexity index is 3650. The van der Waals surface area contributed by atoms with Crippen molar-refractivity contribution in [3.63, 3.8) is 0 Å². The second kappa shape index (κ2) is 24.8. The summed E-state index contributed by atoms with van der Waals surface area (Å²) in [5.74, 6) is -1.15. The molecule has 15 nitrogen and oxygen atoms in total. The van der Waals surface area contributed by atoms with Crippen LogP contribution in [0.15, 0.2) is 143 Å². The molecule has 428 valence electrons. The molecule has 2 aliphatic heterocycles. The number of amides is 3. The van der Waals surface area contributed by atoms with Gasteiger partial charge in [-0.15, -0.1) is 12.4 Å². The highest BCUT2D eigenvalue weighted by atomic mass is 35.5. The van der Waals surface area contributed by atoms with Crippen molar-refractivity contribution in [1.82, 2.24) is 30.8 Å². The van der Waals surface area contributed by atoms with Crippen LogP contribution in [0.1, 0.15) is 82.2 Å². The Balaban J connectivity index is 0.000000213. The van der Waals surface area contributed by atoms with E-state index >= 15 is 0 Å². The zero-order valence-electron chi connectivity index (χ0n) is 44.7. The predicted molar refractivity (Wildman–Crippen MR) is 303 cm³/mol. The standard InChI is InChI=1S/C30H27F3N4O3.C25H18F3N3O4.C5H11N.ClH/c1-29(2)16-37(17-29)28(39)20-7-5-19(6-8-20)21-11-22-12-23(40-27(22)24(13-21)30(31,32)33)15-36-26(38)10-4-18-3-9-25(34)35-14-18;26-25(27,28)20-11-17(15-3-5-16(6-4-15)24(33)34)9-18-10-19(35-23(18)20)13-31-22(32)8-2-14-1-7-21(29)30-12-14;1-5(2)3-6-4-5;/h3-14H,15-17H2,1-2H3,(H2,34,35)(H,36,38);1-12H,13H2,(H2,29,30)(H,31,32)(H,33,34);6H,3-4H2,1-2H3;1H/b10-4+;8-2+;;. The van der Waals surface area contributed by atoms with E-state index in [-0.39, 0.29) is 81.4 Å². The first-order chi connectivity index (χ1) is 38.2. The van der Waals surface area contributed by atoms with E-state index in [0.717, 1.165) is 12.1 Å². The van der Waals surface area contributed by atoms with E-state index in [2.05, 4.69) is 53.6 Å². The number of pyridine rings is 2. The van der Waals surface area contributed by atoms with Crippen LogP contribution in [0.5, 0.6) is 0 Å². The van der Waals surface area contributed by atoms with Gasteiger partial charge < -0.3 is 46.3 Å². The molecular weight excluding hydrogens is 1090 g/mol. The largest absolute Gasteiger partial charge is 0.478 e. The van der Waals surface area contributed by atoms with Crippen LogP contribution in [0.2, 0.25) is 0 Å². The molecule has 82 heavy (non-hydrogen) atoms. The summed E-state index contributed by atoms with van der Waals surface area (Å²) >= 11 is 0. The average Bonchev–Trinajstić information content (AvgIpc) is 4.03. The van der Waals surface area contributed by atoms with Crippen molar-refractivity contribution in [2.24, 2.45) is 10.8 Å². The lowest BCUT2D eigenvalue weighted by atomic mass is 9.84. The number of benzene rings is 4. The zero-order chi connectivity index (χ0) is 58.4. The van der Waals surface area contributed by atoms with E-state index in [0.29, 0.717) is 63.5 Å². The maximum absolute atomic E-state index is 14.0. The molecule has 6 heterocycles. The lowest BCUT2D eigenvalue weighted by molar-refractivity contribution is -0.137. The van der Waals surface area contributed by atoms with E-state index < -0.39 is 41.3 Å². The Labute approximate surface area is 472 Å². The van der Waals surface area contributed by atoms with Crippen molar-refractivity contribution in [3.8, 4) is 22.3 Å². The van der Waals surface area contributed by atoms with Crippen molar-refractivity contribution in [1.29, 1.82) is 0 Å². The van der Waals surface area contributed by atoms with Gasteiger partial charge >= 0.3 is 18.3 Å². The molecule has 8 N–H and O–H groups in total. The molecule has 0 aliphatic carbocycles. The van der Waals surface area contributed by atoms with Gasteiger partial charge in [0, 0.05) is 67.1 Å². The molecule has 0 unspecified atom stereocenters. The number of nitrogens with one attached hydrogen (secondary N) is 3. The number of halogens is 7. The molecule has 4 aromatic carbocycles. The van der Waals surface area contributed by atoms with Crippen molar-refractivity contribution in [2.45, 2.75) is 53.1 Å². The molecule has 22 heteroatoms. The molecule has 0 radical (unpaired) electrons. The number of furan rings is 2. The molecule has 0 spiro atoms. The van der Waals surface area contributed by atoms with Crippen LogP contribution in [-0.4, -0.2) is 69.8 Å². The number of alkyl halides is 6. The third kappa shape index (κ3) is 15.7. The van der Waals surface area contributed by atoms with Crippen molar-refractivity contribution >= 4 is 81.8 Å². The van der Waals surface area contributed by atoms with Gasteiger partial charge in [-0.05, 0) is 141 Å². The highest BCUT2D eigenvalue weighted by Crippen LogP contribution is 2.41. The molecule has 8 aromatic rings. The number of anilines is 2. The number of aromatic nitrogens is 2. The third-order valence-electron chi connectivity index (χ3n) is 13.0. The molecule has 0 atom stereocenters. The monoisotopic (exact) mass is 1150 g/mol. The van der Waals surface area contributed by atoms with Gasteiger partial charge in [-0.1, -0.05) is 52.0 Å². The van der Waals surface area contributed by atoms with E-state index in [1.807, 2.05) is 0 Å². The van der Waals surface area contributed by atoms with Gasteiger partial charge in [0.15, 0.2) is 0 Å². The van der Waals surface area contributed by atoms with Crippen LogP contribution in [0.4, 0.5) is 38.0 Å². The maximum atomic E-state index is 14.0. The first-order valence-electron chi connectivity index (χ1n) is 25.2. The van der Waals surface area contributed by atoms with Gasteiger partial charge in [0.25, 0.3) is 5.91 Å². The first-order valence-corrected chi connectivity index (χ1v) is 25.2. The number of aromatic carboxylic acids is 1. The summed E-state index contributed by atoms with van der Waals surface area (Å²) in [6.45, 7) is 12.2. The van der Waals surface area contributed by atoms with E-state index in [1.54, 1.807) is 59.5 Å². The highest BCUT2D eigenvalue weighted by molar-refractivity contribution is 5.96. The number of hydrogen-bond acceptors (Lipinski definition) is 11. The van der Waals surface area contributed by atoms with Gasteiger partial charge in [0.2, 0.25) is 11.8 Å². The molecule has 2 fully saturated rings. The molecule has 4 aromatic heterocycles. The van der Waals surface area contributed by atoms with Gasteiger partial charge in [-0.3, -0.25) is 14.4 Å². The van der Waals surface area contributed by atoms with Crippen LogP contribution in [0.3, 0.4) is 0 Å². The minimum Gasteiger partial charge on any atom is -0.478 e. The molecular formula is C60H57ClF6N8O7. The number of hydrogen-bond donors (Lipinski definition) is 6. The first kappa shape index (κ1) is 60.7. The number of nitrogens with zero attached hydrogens (tertiary/aromatic N) is 3. The van der Waals surface area contributed by atoms with Crippen molar-refractivity contribution in [3.05, 3.63) is 179 Å². The minimum absolute atomic E-state index is 0. The summed E-state index contributed by atoms with van der Waals surface area (Å²) in [5, 5.41) is 17.8.